The van der Waals surface area contributed by atoms with Crippen LogP contribution in [-0.4, -0.2) is 42.4 Å². The van der Waals surface area contributed by atoms with Gasteiger partial charge in [0.2, 0.25) is 5.88 Å². The SMILES string of the molecule is Cl.c1cnc(C2CCOCC2)c(OC2CCNC2)n1. The normalized spacial score (nSPS) is 23.9. The van der Waals surface area contributed by atoms with Gasteiger partial charge < -0.3 is 14.8 Å². The van der Waals surface area contributed by atoms with Gasteiger partial charge in [-0.15, -0.1) is 12.4 Å². The molecule has 19 heavy (non-hydrogen) atoms. The molecule has 6 heteroatoms. The summed E-state index contributed by atoms with van der Waals surface area (Å²) in [6, 6.07) is 0. The fourth-order valence-electron chi connectivity index (χ4n) is 2.56. The minimum Gasteiger partial charge on any atom is -0.472 e. The smallest absolute Gasteiger partial charge is 0.236 e. The Morgan fingerprint density at radius 1 is 1.16 bits per heavy atom. The van der Waals surface area contributed by atoms with E-state index < -0.39 is 0 Å². The molecule has 0 amide bonds. The molecule has 1 aromatic heterocycles. The average molecular weight is 286 g/mol. The molecule has 0 spiro atoms. The van der Waals surface area contributed by atoms with Gasteiger partial charge in [0.1, 0.15) is 11.8 Å². The van der Waals surface area contributed by atoms with Gasteiger partial charge in [-0.3, -0.25) is 4.98 Å². The molecule has 106 valence electrons. The number of ether oxygens (including phenoxy) is 2. The molecule has 1 aromatic rings. The van der Waals surface area contributed by atoms with E-state index in [-0.39, 0.29) is 18.5 Å². The Hall–Kier alpha value is -0.910. The molecule has 2 saturated heterocycles. The molecule has 0 aromatic carbocycles. The second-order valence-corrected chi connectivity index (χ2v) is 4.87. The third kappa shape index (κ3) is 3.55. The predicted octanol–water partition coefficient (Wildman–Crippen LogP) is 1.53. The van der Waals surface area contributed by atoms with Crippen molar-refractivity contribution in [2.24, 2.45) is 0 Å². The van der Waals surface area contributed by atoms with Gasteiger partial charge in [-0.05, 0) is 25.8 Å². The van der Waals surface area contributed by atoms with Crippen LogP contribution in [0, 0.1) is 0 Å². The van der Waals surface area contributed by atoms with Gasteiger partial charge in [-0.1, -0.05) is 0 Å². The van der Waals surface area contributed by atoms with Gasteiger partial charge in [0, 0.05) is 38.1 Å². The lowest BCUT2D eigenvalue weighted by Gasteiger charge is -2.23. The first-order valence-electron chi connectivity index (χ1n) is 6.69. The van der Waals surface area contributed by atoms with E-state index in [1.54, 1.807) is 12.4 Å². The van der Waals surface area contributed by atoms with Crippen molar-refractivity contribution in [2.45, 2.75) is 31.3 Å². The maximum atomic E-state index is 5.98. The first-order valence-corrected chi connectivity index (χ1v) is 6.69. The Kier molecular flexibility index (Phi) is 5.36. The molecule has 0 radical (unpaired) electrons. The highest BCUT2D eigenvalue weighted by atomic mass is 35.5. The van der Waals surface area contributed by atoms with E-state index >= 15 is 0 Å². The van der Waals surface area contributed by atoms with Gasteiger partial charge in [0.05, 0.1) is 0 Å². The van der Waals surface area contributed by atoms with E-state index in [1.165, 1.54) is 0 Å². The third-order valence-electron chi connectivity index (χ3n) is 3.59. The van der Waals surface area contributed by atoms with Crippen molar-refractivity contribution in [3.05, 3.63) is 18.1 Å². The number of hydrogen-bond acceptors (Lipinski definition) is 5. The molecular formula is C13H20ClN3O2. The third-order valence-corrected chi connectivity index (χ3v) is 3.59. The van der Waals surface area contributed by atoms with Crippen LogP contribution < -0.4 is 10.1 Å². The Balaban J connectivity index is 0.00000133. The molecule has 1 unspecified atom stereocenters. The number of hydrogen-bond donors (Lipinski definition) is 1. The summed E-state index contributed by atoms with van der Waals surface area (Å²) in [5, 5.41) is 3.30. The van der Waals surface area contributed by atoms with Crippen LogP contribution in [0.5, 0.6) is 5.88 Å². The van der Waals surface area contributed by atoms with Gasteiger partial charge in [-0.25, -0.2) is 4.98 Å². The summed E-state index contributed by atoms with van der Waals surface area (Å²) in [6.45, 7) is 3.55. The lowest BCUT2D eigenvalue weighted by molar-refractivity contribution is 0.0829. The Bertz CT molecular complexity index is 393. The molecule has 3 heterocycles. The van der Waals surface area contributed by atoms with Crippen molar-refractivity contribution in [3.63, 3.8) is 0 Å². The number of rotatable bonds is 3. The van der Waals surface area contributed by atoms with E-state index in [0.717, 1.165) is 57.1 Å². The fraction of sp³-hybridized carbons (Fsp3) is 0.692. The summed E-state index contributed by atoms with van der Waals surface area (Å²) >= 11 is 0. The molecule has 0 bridgehead atoms. The Morgan fingerprint density at radius 2 is 1.95 bits per heavy atom. The van der Waals surface area contributed by atoms with Crippen molar-refractivity contribution in [1.82, 2.24) is 15.3 Å². The molecular weight excluding hydrogens is 266 g/mol. The van der Waals surface area contributed by atoms with Crippen LogP contribution in [0.2, 0.25) is 0 Å². The van der Waals surface area contributed by atoms with Crippen LogP contribution in [0.4, 0.5) is 0 Å². The highest BCUT2D eigenvalue weighted by Gasteiger charge is 2.24. The van der Waals surface area contributed by atoms with Gasteiger partial charge in [0.15, 0.2) is 0 Å². The van der Waals surface area contributed by atoms with Crippen LogP contribution in [0.1, 0.15) is 30.9 Å². The standard InChI is InChI=1S/C13H19N3O2.ClH/c1-4-14-9-11(1)18-13-12(15-5-6-16-13)10-2-7-17-8-3-10;/h5-6,10-11,14H,1-4,7-9H2;1H. The summed E-state index contributed by atoms with van der Waals surface area (Å²) in [5.74, 6) is 1.15. The molecule has 1 atom stereocenters. The van der Waals surface area contributed by atoms with E-state index in [4.69, 9.17) is 9.47 Å². The maximum Gasteiger partial charge on any atom is 0.236 e. The Labute approximate surface area is 119 Å². The van der Waals surface area contributed by atoms with Crippen LogP contribution in [0.25, 0.3) is 0 Å². The van der Waals surface area contributed by atoms with E-state index in [0.29, 0.717) is 5.92 Å². The average Bonchev–Trinajstić information content (AvgIpc) is 2.93. The monoisotopic (exact) mass is 285 g/mol. The lowest BCUT2D eigenvalue weighted by Crippen LogP contribution is -2.22. The summed E-state index contributed by atoms with van der Waals surface area (Å²) in [6.07, 6.45) is 6.77. The summed E-state index contributed by atoms with van der Waals surface area (Å²) in [7, 11) is 0. The van der Waals surface area contributed by atoms with E-state index in [1.807, 2.05) is 0 Å². The number of nitrogens with zero attached hydrogens (tertiary/aromatic N) is 2. The molecule has 2 aliphatic heterocycles. The number of halogens is 1. The van der Waals surface area contributed by atoms with Crippen molar-refractivity contribution in [2.75, 3.05) is 26.3 Å². The summed E-state index contributed by atoms with van der Waals surface area (Å²) < 4.78 is 11.4. The number of nitrogens with one attached hydrogen (secondary N) is 1. The molecule has 2 aliphatic rings. The zero-order valence-corrected chi connectivity index (χ0v) is 11.7. The Morgan fingerprint density at radius 3 is 2.68 bits per heavy atom. The lowest BCUT2D eigenvalue weighted by atomic mass is 9.96. The molecule has 2 fully saturated rings. The summed E-state index contributed by atoms with van der Waals surface area (Å²) in [4.78, 5) is 8.85. The minimum atomic E-state index is 0. The molecule has 0 aliphatic carbocycles. The van der Waals surface area contributed by atoms with Crippen molar-refractivity contribution < 1.29 is 9.47 Å². The second kappa shape index (κ2) is 7.03. The highest BCUT2D eigenvalue weighted by molar-refractivity contribution is 5.85. The maximum absolute atomic E-state index is 5.98. The van der Waals surface area contributed by atoms with Crippen LogP contribution in [0.3, 0.4) is 0 Å². The first kappa shape index (κ1) is 14.5. The minimum absolute atomic E-state index is 0. The predicted molar refractivity (Wildman–Crippen MR) is 74.0 cm³/mol. The summed E-state index contributed by atoms with van der Waals surface area (Å²) in [5.41, 5.74) is 1.01. The van der Waals surface area contributed by atoms with Crippen LogP contribution in [-0.2, 0) is 4.74 Å². The van der Waals surface area contributed by atoms with E-state index in [9.17, 15) is 0 Å². The van der Waals surface area contributed by atoms with Gasteiger partial charge in [0.25, 0.3) is 0 Å². The van der Waals surface area contributed by atoms with Crippen LogP contribution in [0.15, 0.2) is 12.4 Å². The topological polar surface area (TPSA) is 56.3 Å². The second-order valence-electron chi connectivity index (χ2n) is 4.87. The van der Waals surface area contributed by atoms with Gasteiger partial charge >= 0.3 is 0 Å². The first-order chi connectivity index (χ1) is 8.93. The fourth-order valence-corrected chi connectivity index (χ4v) is 2.56. The van der Waals surface area contributed by atoms with Crippen LogP contribution >= 0.6 is 12.4 Å². The quantitative estimate of drug-likeness (QED) is 0.913. The van der Waals surface area contributed by atoms with E-state index in [2.05, 4.69) is 15.3 Å². The largest absolute Gasteiger partial charge is 0.472 e. The van der Waals surface area contributed by atoms with Crippen molar-refractivity contribution in [3.8, 4) is 5.88 Å². The number of aromatic nitrogens is 2. The van der Waals surface area contributed by atoms with Crippen molar-refractivity contribution in [1.29, 1.82) is 0 Å². The zero-order chi connectivity index (χ0) is 12.2. The molecule has 3 rings (SSSR count). The van der Waals surface area contributed by atoms with Gasteiger partial charge in [-0.2, -0.15) is 0 Å². The van der Waals surface area contributed by atoms with Crippen molar-refractivity contribution >= 4 is 12.4 Å². The highest BCUT2D eigenvalue weighted by Crippen LogP contribution is 2.31. The zero-order valence-electron chi connectivity index (χ0n) is 10.9. The molecule has 1 N–H and O–H groups in total. The molecule has 0 saturated carbocycles. The molecule has 5 nitrogen and oxygen atoms in total.